The highest BCUT2D eigenvalue weighted by atomic mass is 16.3. The first-order valence-corrected chi connectivity index (χ1v) is 5.97. The van der Waals surface area contributed by atoms with Crippen LogP contribution in [0.15, 0.2) is 18.3 Å². The lowest BCUT2D eigenvalue weighted by atomic mass is 9.92. The number of nitrogens with one attached hydrogen (secondary N) is 1. The van der Waals surface area contributed by atoms with E-state index in [1.807, 2.05) is 6.07 Å². The molecule has 0 saturated heterocycles. The van der Waals surface area contributed by atoms with Gasteiger partial charge >= 0.3 is 0 Å². The van der Waals surface area contributed by atoms with Crippen molar-refractivity contribution in [2.45, 2.75) is 33.2 Å². The smallest absolute Gasteiger partial charge is 0.133 e. The average molecular weight is 220 g/mol. The minimum absolute atomic E-state index is 0.226. The van der Waals surface area contributed by atoms with Gasteiger partial charge in [0.05, 0.1) is 11.9 Å². The van der Waals surface area contributed by atoms with Crippen molar-refractivity contribution < 1.29 is 5.11 Å². The van der Waals surface area contributed by atoms with E-state index in [1.54, 1.807) is 6.07 Å². The zero-order valence-corrected chi connectivity index (χ0v) is 10.0. The lowest BCUT2D eigenvalue weighted by Gasteiger charge is -2.19. The Balaban J connectivity index is 1.78. The van der Waals surface area contributed by atoms with E-state index in [1.165, 1.54) is 19.0 Å². The molecule has 1 aromatic heterocycles. The van der Waals surface area contributed by atoms with Crippen LogP contribution >= 0.6 is 0 Å². The van der Waals surface area contributed by atoms with Gasteiger partial charge in [0.2, 0.25) is 0 Å². The van der Waals surface area contributed by atoms with Crippen LogP contribution in [0.3, 0.4) is 0 Å². The van der Waals surface area contributed by atoms with Gasteiger partial charge in [0.25, 0.3) is 0 Å². The molecular weight excluding hydrogens is 200 g/mol. The second-order valence-corrected chi connectivity index (χ2v) is 5.13. The highest BCUT2D eigenvalue weighted by Gasteiger charge is 2.44. The van der Waals surface area contributed by atoms with E-state index in [9.17, 15) is 0 Å². The molecule has 1 aromatic rings. The third-order valence-electron chi connectivity index (χ3n) is 3.71. The molecule has 0 aromatic carbocycles. The number of hydrogen-bond acceptors (Lipinski definition) is 3. The van der Waals surface area contributed by atoms with Crippen LogP contribution in [0.25, 0.3) is 0 Å². The molecule has 1 aliphatic carbocycles. The highest BCUT2D eigenvalue weighted by Crippen LogP contribution is 2.51. The first-order chi connectivity index (χ1) is 7.62. The summed E-state index contributed by atoms with van der Waals surface area (Å²) >= 11 is 0. The Labute approximate surface area is 96.9 Å². The van der Waals surface area contributed by atoms with E-state index in [0.717, 1.165) is 24.7 Å². The Morgan fingerprint density at radius 1 is 1.44 bits per heavy atom. The van der Waals surface area contributed by atoms with Crippen LogP contribution in [0.2, 0.25) is 0 Å². The number of aromatic nitrogens is 1. The number of nitrogens with zero attached hydrogens (tertiary/aromatic N) is 1. The van der Waals surface area contributed by atoms with Crippen molar-refractivity contribution >= 4 is 0 Å². The van der Waals surface area contributed by atoms with Crippen LogP contribution in [0.5, 0.6) is 5.75 Å². The largest absolute Gasteiger partial charge is 0.506 e. The maximum Gasteiger partial charge on any atom is 0.133 e. The third-order valence-corrected chi connectivity index (χ3v) is 3.71. The molecule has 0 radical (unpaired) electrons. The van der Waals surface area contributed by atoms with E-state index in [0.29, 0.717) is 5.41 Å². The van der Waals surface area contributed by atoms with Crippen LogP contribution in [0.1, 0.15) is 32.4 Å². The van der Waals surface area contributed by atoms with Crippen LogP contribution in [-0.4, -0.2) is 16.6 Å². The van der Waals surface area contributed by atoms with Gasteiger partial charge < -0.3 is 10.4 Å². The summed E-state index contributed by atoms with van der Waals surface area (Å²) in [5.74, 6) is 0.984. The van der Waals surface area contributed by atoms with E-state index >= 15 is 0 Å². The zero-order valence-electron chi connectivity index (χ0n) is 10.0. The topological polar surface area (TPSA) is 45.1 Å². The number of pyridine rings is 1. The van der Waals surface area contributed by atoms with Crippen molar-refractivity contribution in [3.8, 4) is 5.75 Å². The first-order valence-electron chi connectivity index (χ1n) is 5.97. The predicted octanol–water partition coefficient (Wildman–Crippen LogP) is 2.31. The van der Waals surface area contributed by atoms with Gasteiger partial charge in [-0.2, -0.15) is 0 Å². The average Bonchev–Trinajstić information content (AvgIpc) is 3.02. The predicted molar refractivity (Wildman–Crippen MR) is 64.1 cm³/mol. The molecule has 16 heavy (non-hydrogen) atoms. The lowest BCUT2D eigenvalue weighted by Crippen LogP contribution is -2.27. The Bertz CT molecular complexity index is 341. The van der Waals surface area contributed by atoms with E-state index in [-0.39, 0.29) is 5.75 Å². The van der Waals surface area contributed by atoms with Crippen LogP contribution in [0.4, 0.5) is 0 Å². The summed E-state index contributed by atoms with van der Waals surface area (Å²) in [5.41, 5.74) is 1.52. The second kappa shape index (κ2) is 4.42. The Morgan fingerprint density at radius 3 is 2.69 bits per heavy atom. The van der Waals surface area contributed by atoms with Gasteiger partial charge in [-0.3, -0.25) is 4.98 Å². The molecule has 88 valence electrons. The van der Waals surface area contributed by atoms with Crippen molar-refractivity contribution in [2.75, 3.05) is 6.54 Å². The Morgan fingerprint density at radius 2 is 2.19 bits per heavy atom. The molecule has 3 nitrogen and oxygen atoms in total. The van der Waals surface area contributed by atoms with Crippen molar-refractivity contribution in [3.63, 3.8) is 0 Å². The molecule has 0 bridgehead atoms. The van der Waals surface area contributed by atoms with Gasteiger partial charge in [-0.15, -0.1) is 0 Å². The van der Waals surface area contributed by atoms with Crippen molar-refractivity contribution in [1.29, 1.82) is 0 Å². The fraction of sp³-hybridized carbons (Fsp3) is 0.615. The maximum atomic E-state index is 9.11. The summed E-state index contributed by atoms with van der Waals surface area (Å²) in [7, 11) is 0. The van der Waals surface area contributed by atoms with Crippen molar-refractivity contribution in [1.82, 2.24) is 10.3 Å². The summed E-state index contributed by atoms with van der Waals surface area (Å²) in [4.78, 5) is 4.15. The molecule has 1 heterocycles. The zero-order chi connectivity index (χ0) is 11.6. The summed E-state index contributed by atoms with van der Waals surface area (Å²) in [5, 5.41) is 12.6. The molecule has 0 atom stereocenters. The first kappa shape index (κ1) is 11.4. The minimum Gasteiger partial charge on any atom is -0.506 e. The summed E-state index contributed by atoms with van der Waals surface area (Å²) in [6, 6.07) is 3.54. The highest BCUT2D eigenvalue weighted by molar-refractivity contribution is 5.17. The van der Waals surface area contributed by atoms with Crippen LogP contribution < -0.4 is 5.32 Å². The number of aromatic hydroxyl groups is 1. The lowest BCUT2D eigenvalue weighted by molar-refractivity contribution is 0.337. The number of hydrogen-bond donors (Lipinski definition) is 2. The molecule has 0 aliphatic heterocycles. The maximum absolute atomic E-state index is 9.11. The van der Waals surface area contributed by atoms with Gasteiger partial charge in [0, 0.05) is 13.1 Å². The number of rotatable bonds is 5. The standard InChI is InChI=1S/C13H20N2O/c1-10(2)13(5-6-13)9-14-7-11-3-4-12(16)8-15-11/h3-4,8,10,14,16H,5-7,9H2,1-2H3. The second-order valence-electron chi connectivity index (χ2n) is 5.13. The van der Waals surface area contributed by atoms with E-state index in [2.05, 4.69) is 24.1 Å². The molecule has 0 amide bonds. The molecule has 1 saturated carbocycles. The van der Waals surface area contributed by atoms with E-state index < -0.39 is 0 Å². The molecule has 0 unspecified atom stereocenters. The molecule has 2 N–H and O–H groups in total. The van der Waals surface area contributed by atoms with Gasteiger partial charge in [0.15, 0.2) is 0 Å². The monoisotopic (exact) mass is 220 g/mol. The van der Waals surface area contributed by atoms with E-state index in [4.69, 9.17) is 5.11 Å². The quantitative estimate of drug-likeness (QED) is 0.800. The summed E-state index contributed by atoms with van der Waals surface area (Å²) in [6.45, 7) is 6.46. The molecular formula is C13H20N2O. The fourth-order valence-corrected chi connectivity index (χ4v) is 2.08. The van der Waals surface area contributed by atoms with Gasteiger partial charge in [-0.1, -0.05) is 13.8 Å². The van der Waals surface area contributed by atoms with Gasteiger partial charge in [0.1, 0.15) is 5.75 Å². The summed E-state index contributed by atoms with van der Waals surface area (Å²) in [6.07, 6.45) is 4.19. The Hall–Kier alpha value is -1.09. The van der Waals surface area contributed by atoms with Crippen LogP contribution in [0, 0.1) is 11.3 Å². The van der Waals surface area contributed by atoms with Crippen LogP contribution in [-0.2, 0) is 6.54 Å². The molecule has 0 spiro atoms. The SMILES string of the molecule is CC(C)C1(CNCc2ccc(O)cn2)CC1. The summed E-state index contributed by atoms with van der Waals surface area (Å²) < 4.78 is 0. The van der Waals surface area contributed by atoms with Gasteiger partial charge in [-0.25, -0.2) is 0 Å². The molecule has 1 fully saturated rings. The normalized spacial score (nSPS) is 17.7. The fourth-order valence-electron chi connectivity index (χ4n) is 2.08. The molecule has 2 rings (SSSR count). The molecule has 3 heteroatoms. The Kier molecular flexibility index (Phi) is 3.15. The van der Waals surface area contributed by atoms with Crippen molar-refractivity contribution in [2.24, 2.45) is 11.3 Å². The third kappa shape index (κ3) is 2.53. The van der Waals surface area contributed by atoms with Gasteiger partial charge in [-0.05, 0) is 36.3 Å². The van der Waals surface area contributed by atoms with Crippen molar-refractivity contribution in [3.05, 3.63) is 24.0 Å². The molecule has 1 aliphatic rings. The minimum atomic E-state index is 0.226.